The highest BCUT2D eigenvalue weighted by atomic mass is 16.3. The molecule has 3 fully saturated rings. The van der Waals surface area contributed by atoms with Crippen molar-refractivity contribution in [2.24, 2.45) is 29.1 Å². The summed E-state index contributed by atoms with van der Waals surface area (Å²) in [5.41, 5.74) is 1.74. The van der Waals surface area contributed by atoms with Crippen molar-refractivity contribution in [1.82, 2.24) is 0 Å². The molecule has 0 heterocycles. The van der Waals surface area contributed by atoms with Gasteiger partial charge < -0.3 is 5.11 Å². The van der Waals surface area contributed by atoms with Crippen LogP contribution in [0.2, 0.25) is 0 Å². The minimum Gasteiger partial charge on any atom is -0.393 e. The van der Waals surface area contributed by atoms with Crippen molar-refractivity contribution < 1.29 is 9.90 Å². The second-order valence-electron chi connectivity index (χ2n) is 8.86. The molecule has 3 saturated carbocycles. The highest BCUT2D eigenvalue weighted by Crippen LogP contribution is 2.58. The molecule has 1 N–H and O–H groups in total. The molecule has 6 unspecified atom stereocenters. The van der Waals surface area contributed by atoms with E-state index in [0.29, 0.717) is 17.6 Å². The summed E-state index contributed by atoms with van der Waals surface area (Å²) in [4.78, 5) is 12.1. The van der Waals surface area contributed by atoms with Crippen LogP contribution >= 0.6 is 0 Å². The van der Waals surface area contributed by atoms with Gasteiger partial charge >= 0.3 is 0 Å². The van der Waals surface area contributed by atoms with Gasteiger partial charge in [0.2, 0.25) is 0 Å². The van der Waals surface area contributed by atoms with Crippen LogP contribution in [-0.4, -0.2) is 17.0 Å². The Morgan fingerprint density at radius 1 is 1.26 bits per heavy atom. The molecule has 0 aliphatic heterocycles. The van der Waals surface area contributed by atoms with Gasteiger partial charge in [-0.05, 0) is 81.5 Å². The van der Waals surface area contributed by atoms with E-state index in [9.17, 15) is 9.90 Å². The zero-order valence-corrected chi connectivity index (χ0v) is 15.2. The van der Waals surface area contributed by atoms with Crippen molar-refractivity contribution in [3.63, 3.8) is 0 Å². The van der Waals surface area contributed by atoms with E-state index in [1.165, 1.54) is 31.3 Å². The Hall–Kier alpha value is -0.630. The largest absolute Gasteiger partial charge is 0.393 e. The third-order valence-electron chi connectivity index (χ3n) is 7.48. The van der Waals surface area contributed by atoms with Crippen molar-refractivity contribution in [2.45, 2.75) is 84.7 Å². The summed E-state index contributed by atoms with van der Waals surface area (Å²) in [6.07, 6.45) is 12.7. The number of Topliss-reactive ketones (excluding diaryl/α,β-unsaturated/α-hetero) is 1. The molecule has 130 valence electrons. The van der Waals surface area contributed by atoms with E-state index in [4.69, 9.17) is 0 Å². The molecule has 2 heteroatoms. The van der Waals surface area contributed by atoms with E-state index >= 15 is 0 Å². The molecule has 3 aliphatic carbocycles. The van der Waals surface area contributed by atoms with E-state index in [1.807, 2.05) is 0 Å². The van der Waals surface area contributed by atoms with E-state index in [0.717, 1.165) is 43.9 Å². The molecule has 0 bridgehead atoms. The topological polar surface area (TPSA) is 37.3 Å². The molecule has 0 aromatic heterocycles. The summed E-state index contributed by atoms with van der Waals surface area (Å²) in [6, 6.07) is 0. The first-order valence-electron chi connectivity index (χ1n) is 9.79. The predicted molar refractivity (Wildman–Crippen MR) is 94.1 cm³/mol. The second-order valence-corrected chi connectivity index (χ2v) is 8.86. The number of hydrogen-bond acceptors (Lipinski definition) is 2. The third kappa shape index (κ3) is 3.29. The quantitative estimate of drug-likeness (QED) is 0.751. The highest BCUT2D eigenvalue weighted by molar-refractivity contribution is 5.79. The fourth-order valence-electron chi connectivity index (χ4n) is 6.08. The lowest BCUT2D eigenvalue weighted by Crippen LogP contribution is -2.39. The Bertz CT molecular complexity index is 480. The number of allylic oxidation sites excluding steroid dienone is 1. The molecule has 0 amide bonds. The molecule has 3 aliphatic rings. The average molecular weight is 319 g/mol. The number of carbonyl (C=O) groups is 1. The molecule has 0 aromatic carbocycles. The summed E-state index contributed by atoms with van der Waals surface area (Å²) in [6.45, 7) is 6.50. The molecule has 23 heavy (non-hydrogen) atoms. The van der Waals surface area contributed by atoms with Gasteiger partial charge in [-0.15, -0.1) is 0 Å². The molecular formula is C21H34O2. The second kappa shape index (κ2) is 6.70. The first kappa shape index (κ1) is 17.2. The number of rotatable bonds is 3. The van der Waals surface area contributed by atoms with E-state index in [-0.39, 0.29) is 11.5 Å². The van der Waals surface area contributed by atoms with Crippen LogP contribution in [0.15, 0.2) is 11.6 Å². The van der Waals surface area contributed by atoms with E-state index in [1.54, 1.807) is 6.92 Å². The maximum absolute atomic E-state index is 12.1. The third-order valence-corrected chi connectivity index (χ3v) is 7.48. The monoisotopic (exact) mass is 318 g/mol. The van der Waals surface area contributed by atoms with Crippen molar-refractivity contribution in [1.29, 1.82) is 0 Å². The number of carbonyl (C=O) groups excluding carboxylic acids is 1. The molecule has 2 nitrogen and oxygen atoms in total. The Kier molecular flexibility index (Phi) is 5.01. The van der Waals surface area contributed by atoms with Gasteiger partial charge in [0.15, 0.2) is 0 Å². The van der Waals surface area contributed by atoms with Crippen molar-refractivity contribution in [2.75, 3.05) is 0 Å². The van der Waals surface area contributed by atoms with Gasteiger partial charge in [-0.25, -0.2) is 0 Å². The molecular weight excluding hydrogens is 284 g/mol. The lowest BCUT2D eigenvalue weighted by atomic mass is 9.60. The Morgan fingerprint density at radius 3 is 2.78 bits per heavy atom. The van der Waals surface area contributed by atoms with Crippen LogP contribution in [0.25, 0.3) is 0 Å². The summed E-state index contributed by atoms with van der Waals surface area (Å²) in [7, 11) is 0. The lowest BCUT2D eigenvalue weighted by Gasteiger charge is -2.44. The summed E-state index contributed by atoms with van der Waals surface area (Å²) in [5, 5.41) is 9.94. The van der Waals surface area contributed by atoms with Gasteiger partial charge in [-0.1, -0.05) is 31.9 Å². The Labute approximate surface area is 141 Å². The van der Waals surface area contributed by atoms with Crippen molar-refractivity contribution in [3.8, 4) is 0 Å². The van der Waals surface area contributed by atoms with E-state index < -0.39 is 0 Å². The SMILES string of the molecule is CC(=O)C1CCC2C(C/C=C3/CC(O)CCC3C)CCCC12C. The first-order valence-corrected chi connectivity index (χ1v) is 9.79. The maximum Gasteiger partial charge on any atom is 0.133 e. The van der Waals surface area contributed by atoms with Gasteiger partial charge in [0.25, 0.3) is 0 Å². The fourth-order valence-corrected chi connectivity index (χ4v) is 6.08. The first-order chi connectivity index (χ1) is 10.9. The zero-order valence-electron chi connectivity index (χ0n) is 15.2. The summed E-state index contributed by atoms with van der Waals surface area (Å²) in [5.74, 6) is 2.83. The van der Waals surface area contributed by atoms with Crippen LogP contribution in [0.1, 0.15) is 78.6 Å². The number of aliphatic hydroxyl groups is 1. The molecule has 0 aromatic rings. The predicted octanol–water partition coefficient (Wildman–Crippen LogP) is 4.91. The van der Waals surface area contributed by atoms with Gasteiger partial charge in [0, 0.05) is 5.92 Å². The molecule has 0 spiro atoms. The van der Waals surface area contributed by atoms with Crippen LogP contribution in [0, 0.1) is 29.1 Å². The van der Waals surface area contributed by atoms with Gasteiger partial charge in [0.1, 0.15) is 5.78 Å². The standard InChI is InChI=1S/C21H34O2/c1-14-6-9-18(23)13-17(14)8-7-16-5-4-12-21(3)19(15(2)22)10-11-20(16)21/h8,14,16,18-20,23H,4-7,9-13H2,1-3H3/b17-8-. The minimum absolute atomic E-state index is 0.123. The van der Waals surface area contributed by atoms with Crippen LogP contribution in [0.5, 0.6) is 0 Å². The summed E-state index contributed by atoms with van der Waals surface area (Å²) < 4.78 is 0. The number of aliphatic hydroxyl groups excluding tert-OH is 1. The zero-order chi connectivity index (χ0) is 16.6. The van der Waals surface area contributed by atoms with E-state index in [2.05, 4.69) is 19.9 Å². The van der Waals surface area contributed by atoms with Gasteiger partial charge in [0.05, 0.1) is 6.10 Å². The smallest absolute Gasteiger partial charge is 0.133 e. The average Bonchev–Trinajstić information content (AvgIpc) is 2.86. The molecule has 0 radical (unpaired) electrons. The molecule has 6 atom stereocenters. The number of fused-ring (bicyclic) bond motifs is 1. The highest BCUT2D eigenvalue weighted by Gasteiger charge is 2.52. The lowest BCUT2D eigenvalue weighted by molar-refractivity contribution is -0.125. The van der Waals surface area contributed by atoms with Crippen LogP contribution < -0.4 is 0 Å². The van der Waals surface area contributed by atoms with Gasteiger partial charge in [-0.2, -0.15) is 0 Å². The van der Waals surface area contributed by atoms with Crippen LogP contribution in [-0.2, 0) is 4.79 Å². The fraction of sp³-hybridized carbons (Fsp3) is 0.857. The van der Waals surface area contributed by atoms with Crippen LogP contribution in [0.4, 0.5) is 0 Å². The number of hydrogen-bond donors (Lipinski definition) is 1. The normalized spacial score (nSPS) is 45.9. The van der Waals surface area contributed by atoms with Crippen molar-refractivity contribution in [3.05, 3.63) is 11.6 Å². The molecule has 3 rings (SSSR count). The molecule has 0 saturated heterocycles. The summed E-state index contributed by atoms with van der Waals surface area (Å²) >= 11 is 0. The van der Waals surface area contributed by atoms with Crippen molar-refractivity contribution >= 4 is 5.78 Å². The maximum atomic E-state index is 12.1. The number of ketones is 1. The minimum atomic E-state index is -0.123. The Morgan fingerprint density at radius 2 is 2.04 bits per heavy atom. The Balaban J connectivity index is 1.70. The van der Waals surface area contributed by atoms with Gasteiger partial charge in [-0.3, -0.25) is 4.79 Å². The van der Waals surface area contributed by atoms with Crippen LogP contribution in [0.3, 0.4) is 0 Å².